The number of halogens is 2. The third-order valence-electron chi connectivity index (χ3n) is 3.92. The van der Waals surface area contributed by atoms with Gasteiger partial charge in [-0.15, -0.1) is 0 Å². The second-order valence-corrected chi connectivity index (χ2v) is 7.46. The fourth-order valence-electron chi connectivity index (χ4n) is 2.90. The van der Waals surface area contributed by atoms with Crippen LogP contribution in [0.1, 0.15) is 13.8 Å². The number of carbonyl (C=O) groups excluding carboxylic acids is 1. The van der Waals surface area contributed by atoms with Crippen LogP contribution in [0.15, 0.2) is 46.3 Å². The molecule has 130 valence electrons. The molecule has 0 aromatic heterocycles. The number of nitrogens with zero attached hydrogens (tertiary/aromatic N) is 1. The molecule has 2 aromatic carbocycles. The normalized spacial score (nSPS) is 14.8. The molecule has 0 aliphatic carbocycles. The van der Waals surface area contributed by atoms with Gasteiger partial charge in [0.2, 0.25) is 0 Å². The van der Waals surface area contributed by atoms with Gasteiger partial charge in [0.05, 0.1) is 28.4 Å². The summed E-state index contributed by atoms with van der Waals surface area (Å²) in [7, 11) is 1.64. The Morgan fingerprint density at radius 3 is 2.64 bits per heavy atom. The second-order valence-electron chi connectivity index (χ2n) is 5.55. The molecule has 2 aromatic rings. The van der Waals surface area contributed by atoms with Crippen molar-refractivity contribution in [3.63, 3.8) is 0 Å². The topological polar surface area (TPSA) is 29.5 Å². The van der Waals surface area contributed by atoms with E-state index in [9.17, 15) is 4.79 Å². The zero-order valence-electron chi connectivity index (χ0n) is 14.1. The van der Waals surface area contributed by atoms with Gasteiger partial charge < -0.3 is 9.64 Å². The van der Waals surface area contributed by atoms with E-state index >= 15 is 0 Å². The highest BCUT2D eigenvalue weighted by molar-refractivity contribution is 8.03. The number of hydrogen-bond donors (Lipinski definition) is 0. The van der Waals surface area contributed by atoms with Crippen molar-refractivity contribution in [2.24, 2.45) is 0 Å². The van der Waals surface area contributed by atoms with Crippen LogP contribution in [0.5, 0.6) is 5.75 Å². The van der Waals surface area contributed by atoms with Crippen LogP contribution in [-0.2, 0) is 4.79 Å². The van der Waals surface area contributed by atoms with Gasteiger partial charge in [-0.2, -0.15) is 0 Å². The maximum absolute atomic E-state index is 11.6. The maximum Gasteiger partial charge on any atom is 0.155 e. The lowest BCUT2D eigenvalue weighted by molar-refractivity contribution is -0.112. The lowest BCUT2D eigenvalue weighted by atomic mass is 10.0. The first-order valence-corrected chi connectivity index (χ1v) is 9.37. The predicted octanol–water partition coefficient (Wildman–Crippen LogP) is 6.03. The SMILES string of the molecule is CCN1/C(=C/C(C)=O)Sc2ccc(OC)c(-c3ccc(Cl)cc3Cl)c21. The van der Waals surface area contributed by atoms with Crippen molar-refractivity contribution < 1.29 is 9.53 Å². The summed E-state index contributed by atoms with van der Waals surface area (Å²) in [6, 6.07) is 9.37. The lowest BCUT2D eigenvalue weighted by Crippen LogP contribution is -2.18. The van der Waals surface area contributed by atoms with Crippen molar-refractivity contribution in [2.45, 2.75) is 18.7 Å². The molecule has 0 atom stereocenters. The van der Waals surface area contributed by atoms with Crippen molar-refractivity contribution in [3.8, 4) is 16.9 Å². The highest BCUT2D eigenvalue weighted by atomic mass is 35.5. The van der Waals surface area contributed by atoms with Crippen LogP contribution in [-0.4, -0.2) is 19.4 Å². The number of hydrogen-bond acceptors (Lipinski definition) is 4. The van der Waals surface area contributed by atoms with E-state index in [0.29, 0.717) is 10.0 Å². The molecular formula is C19H17Cl2NO2S. The third kappa shape index (κ3) is 3.39. The molecular weight excluding hydrogens is 377 g/mol. The van der Waals surface area contributed by atoms with E-state index in [0.717, 1.165) is 39.0 Å². The molecule has 1 heterocycles. The molecule has 0 amide bonds. The van der Waals surface area contributed by atoms with E-state index in [2.05, 4.69) is 11.8 Å². The summed E-state index contributed by atoms with van der Waals surface area (Å²) >= 11 is 14.1. The molecule has 1 aliphatic heterocycles. The van der Waals surface area contributed by atoms with Gasteiger partial charge in [-0.1, -0.05) is 41.0 Å². The van der Waals surface area contributed by atoms with Gasteiger partial charge in [0.25, 0.3) is 0 Å². The highest BCUT2D eigenvalue weighted by Gasteiger charge is 2.30. The van der Waals surface area contributed by atoms with Gasteiger partial charge in [-0.25, -0.2) is 0 Å². The van der Waals surface area contributed by atoms with Crippen molar-refractivity contribution in [1.82, 2.24) is 0 Å². The molecule has 0 saturated carbocycles. The standard InChI is InChI=1S/C19H17Cl2NO2S/c1-4-22-17(9-11(2)23)25-16-8-7-15(24-3)18(19(16)22)13-6-5-12(20)10-14(13)21/h5-10H,4H2,1-3H3/b17-9-. The molecule has 1 aliphatic rings. The molecule has 0 fully saturated rings. The minimum Gasteiger partial charge on any atom is -0.496 e. The van der Waals surface area contributed by atoms with Crippen LogP contribution in [0, 0.1) is 0 Å². The van der Waals surface area contributed by atoms with E-state index in [1.54, 1.807) is 37.9 Å². The van der Waals surface area contributed by atoms with Gasteiger partial charge in [-0.3, -0.25) is 4.79 Å². The Labute approximate surface area is 161 Å². The zero-order valence-corrected chi connectivity index (χ0v) is 16.4. The average Bonchev–Trinajstić information content (AvgIpc) is 2.90. The smallest absolute Gasteiger partial charge is 0.155 e. The minimum absolute atomic E-state index is 0.0202. The Morgan fingerprint density at radius 1 is 1.28 bits per heavy atom. The van der Waals surface area contributed by atoms with Gasteiger partial charge in [-0.05, 0) is 38.1 Å². The Morgan fingerprint density at radius 2 is 2.04 bits per heavy atom. The van der Waals surface area contributed by atoms with E-state index in [-0.39, 0.29) is 5.78 Å². The van der Waals surface area contributed by atoms with E-state index in [1.807, 2.05) is 24.3 Å². The first kappa shape index (κ1) is 18.2. The summed E-state index contributed by atoms with van der Waals surface area (Å²) in [4.78, 5) is 14.8. The van der Waals surface area contributed by atoms with Crippen LogP contribution in [0.3, 0.4) is 0 Å². The number of carbonyl (C=O) groups is 1. The molecule has 0 spiro atoms. The molecule has 0 N–H and O–H groups in total. The number of thioether (sulfide) groups is 1. The fourth-order valence-corrected chi connectivity index (χ4v) is 4.63. The highest BCUT2D eigenvalue weighted by Crippen LogP contribution is 2.54. The molecule has 0 unspecified atom stereocenters. The summed E-state index contributed by atoms with van der Waals surface area (Å²) in [5.74, 6) is 0.748. The number of fused-ring (bicyclic) bond motifs is 1. The monoisotopic (exact) mass is 393 g/mol. The van der Waals surface area contributed by atoms with Crippen LogP contribution < -0.4 is 9.64 Å². The summed E-state index contributed by atoms with van der Waals surface area (Å²) in [6.07, 6.45) is 1.66. The molecule has 6 heteroatoms. The number of ether oxygens (including phenoxy) is 1. The third-order valence-corrected chi connectivity index (χ3v) is 5.56. The molecule has 3 nitrogen and oxygen atoms in total. The fraction of sp³-hybridized carbons (Fsp3) is 0.211. The van der Waals surface area contributed by atoms with Gasteiger partial charge in [0, 0.05) is 28.1 Å². The molecule has 0 radical (unpaired) electrons. The van der Waals surface area contributed by atoms with Crippen LogP contribution in [0.25, 0.3) is 11.1 Å². The average molecular weight is 394 g/mol. The predicted molar refractivity (Wildman–Crippen MR) is 106 cm³/mol. The first-order valence-electron chi connectivity index (χ1n) is 7.80. The summed E-state index contributed by atoms with van der Waals surface area (Å²) in [5, 5.41) is 2.05. The van der Waals surface area contributed by atoms with Crippen LogP contribution in [0.2, 0.25) is 10.0 Å². The summed E-state index contributed by atoms with van der Waals surface area (Å²) in [6.45, 7) is 4.34. The Kier molecular flexibility index (Phi) is 5.32. The number of rotatable bonds is 4. The Hall–Kier alpha value is -1.62. The van der Waals surface area contributed by atoms with E-state index in [4.69, 9.17) is 27.9 Å². The van der Waals surface area contributed by atoms with Crippen molar-refractivity contribution in [2.75, 3.05) is 18.6 Å². The number of allylic oxidation sites excluding steroid dienone is 1. The second kappa shape index (κ2) is 7.32. The number of methoxy groups -OCH3 is 1. The largest absolute Gasteiger partial charge is 0.496 e. The number of anilines is 1. The van der Waals surface area contributed by atoms with Gasteiger partial charge in [0.1, 0.15) is 5.75 Å². The quantitative estimate of drug-likeness (QED) is 0.592. The van der Waals surface area contributed by atoms with Gasteiger partial charge >= 0.3 is 0 Å². The van der Waals surface area contributed by atoms with Crippen molar-refractivity contribution >= 4 is 46.4 Å². The summed E-state index contributed by atoms with van der Waals surface area (Å²) in [5.41, 5.74) is 2.76. The number of benzene rings is 2. The minimum atomic E-state index is 0.0202. The molecule has 3 rings (SSSR count). The Bertz CT molecular complexity index is 880. The summed E-state index contributed by atoms with van der Waals surface area (Å²) < 4.78 is 5.61. The lowest BCUT2D eigenvalue weighted by Gasteiger charge is -2.23. The van der Waals surface area contributed by atoms with E-state index < -0.39 is 0 Å². The van der Waals surface area contributed by atoms with E-state index in [1.165, 1.54) is 0 Å². The Balaban J connectivity index is 2.28. The molecule has 25 heavy (non-hydrogen) atoms. The maximum atomic E-state index is 11.6. The van der Waals surface area contributed by atoms with Crippen LogP contribution in [0.4, 0.5) is 5.69 Å². The first-order chi connectivity index (χ1) is 12.0. The van der Waals surface area contributed by atoms with Crippen LogP contribution >= 0.6 is 35.0 Å². The molecule has 0 bridgehead atoms. The molecule has 0 saturated heterocycles. The van der Waals surface area contributed by atoms with Crippen molar-refractivity contribution in [1.29, 1.82) is 0 Å². The van der Waals surface area contributed by atoms with Gasteiger partial charge in [0.15, 0.2) is 5.78 Å². The number of ketones is 1. The zero-order chi connectivity index (χ0) is 18.1. The van der Waals surface area contributed by atoms with Crippen molar-refractivity contribution in [3.05, 3.63) is 51.5 Å².